The Morgan fingerprint density at radius 3 is 2.60 bits per heavy atom. The fourth-order valence-corrected chi connectivity index (χ4v) is 2.77. The Balaban J connectivity index is 1.51. The summed E-state index contributed by atoms with van der Waals surface area (Å²) in [6.45, 7) is 0.129. The van der Waals surface area contributed by atoms with Gasteiger partial charge in [0.1, 0.15) is 5.82 Å². The van der Waals surface area contributed by atoms with Crippen molar-refractivity contribution in [2.24, 2.45) is 5.92 Å². The van der Waals surface area contributed by atoms with Gasteiger partial charge in [-0.15, -0.1) is 0 Å². The number of methoxy groups -OCH3 is 1. The van der Waals surface area contributed by atoms with Gasteiger partial charge in [-0.3, -0.25) is 9.59 Å². The topological polar surface area (TPSA) is 77.5 Å². The number of ketones is 1. The van der Waals surface area contributed by atoms with Gasteiger partial charge >= 0.3 is 6.18 Å². The van der Waals surface area contributed by atoms with Crippen molar-refractivity contribution in [2.45, 2.75) is 31.9 Å². The number of amides is 1. The van der Waals surface area contributed by atoms with E-state index in [0.717, 1.165) is 25.0 Å². The molecule has 1 fully saturated rings. The minimum atomic E-state index is -4.47. The van der Waals surface area contributed by atoms with Crippen molar-refractivity contribution in [3.8, 4) is 11.5 Å². The van der Waals surface area contributed by atoms with Gasteiger partial charge in [-0.1, -0.05) is 0 Å². The number of carbonyl (C=O) groups excluding carboxylic acids is 2. The number of ether oxygens (including phenoxy) is 2. The Morgan fingerprint density at radius 1 is 1.17 bits per heavy atom. The first-order valence-corrected chi connectivity index (χ1v) is 9.46. The number of carbonyl (C=O) groups is 2. The molecule has 1 amide bonds. The number of anilines is 1. The summed E-state index contributed by atoms with van der Waals surface area (Å²) >= 11 is 0. The van der Waals surface area contributed by atoms with E-state index in [2.05, 4.69) is 10.3 Å². The molecule has 1 heterocycles. The summed E-state index contributed by atoms with van der Waals surface area (Å²) in [5.74, 6) is 0.274. The van der Waals surface area contributed by atoms with Gasteiger partial charge < -0.3 is 14.8 Å². The number of halogens is 3. The van der Waals surface area contributed by atoms with E-state index >= 15 is 0 Å². The first kappa shape index (κ1) is 21.6. The molecule has 0 atom stereocenters. The highest BCUT2D eigenvalue weighted by molar-refractivity contribution is 5.98. The van der Waals surface area contributed by atoms with Crippen molar-refractivity contribution in [3.05, 3.63) is 47.7 Å². The smallest absolute Gasteiger partial charge is 0.416 e. The van der Waals surface area contributed by atoms with Crippen LogP contribution in [0.25, 0.3) is 0 Å². The molecule has 1 saturated carbocycles. The Kier molecular flexibility index (Phi) is 6.59. The number of Topliss-reactive ketones (excluding diaryl/α,β-unsaturated/α-hetero) is 1. The van der Waals surface area contributed by atoms with Crippen molar-refractivity contribution in [2.75, 3.05) is 19.0 Å². The number of nitrogens with one attached hydrogen (secondary N) is 1. The summed E-state index contributed by atoms with van der Waals surface area (Å²) in [6, 6.07) is 6.07. The lowest BCUT2D eigenvalue weighted by molar-refractivity contribution is -0.137. The summed E-state index contributed by atoms with van der Waals surface area (Å²) in [5, 5.41) is 2.69. The van der Waals surface area contributed by atoms with Gasteiger partial charge in [0.25, 0.3) is 0 Å². The van der Waals surface area contributed by atoms with E-state index in [-0.39, 0.29) is 42.1 Å². The Bertz CT molecular complexity index is 927. The molecule has 0 unspecified atom stereocenters. The number of nitrogens with zero attached hydrogens (tertiary/aromatic N) is 1. The third-order valence-electron chi connectivity index (χ3n) is 4.58. The molecule has 30 heavy (non-hydrogen) atoms. The van der Waals surface area contributed by atoms with E-state index in [1.807, 2.05) is 0 Å². The third-order valence-corrected chi connectivity index (χ3v) is 4.58. The van der Waals surface area contributed by atoms with Crippen LogP contribution < -0.4 is 14.8 Å². The van der Waals surface area contributed by atoms with Crippen LogP contribution in [0.15, 0.2) is 36.5 Å². The van der Waals surface area contributed by atoms with E-state index in [1.54, 1.807) is 6.07 Å². The first-order chi connectivity index (χ1) is 14.3. The van der Waals surface area contributed by atoms with Crippen LogP contribution in [0, 0.1) is 5.92 Å². The highest BCUT2D eigenvalue weighted by Gasteiger charge is 2.31. The van der Waals surface area contributed by atoms with Crippen LogP contribution in [0.3, 0.4) is 0 Å². The number of alkyl halides is 3. The molecule has 3 rings (SSSR count). The number of pyridine rings is 1. The van der Waals surface area contributed by atoms with Crippen LogP contribution in [-0.2, 0) is 11.0 Å². The van der Waals surface area contributed by atoms with Crippen LogP contribution in [0.4, 0.5) is 19.0 Å². The SMILES string of the molecule is COc1cc(C(F)(F)F)ccc1OCCCC(=O)c1ccnc(NC(=O)C2CC2)c1. The number of rotatable bonds is 9. The van der Waals surface area contributed by atoms with E-state index in [4.69, 9.17) is 9.47 Å². The molecule has 0 saturated heterocycles. The van der Waals surface area contributed by atoms with Crippen molar-refractivity contribution in [1.29, 1.82) is 0 Å². The van der Waals surface area contributed by atoms with E-state index < -0.39 is 11.7 Å². The molecule has 1 aromatic carbocycles. The average molecular weight is 422 g/mol. The predicted octanol–water partition coefficient (Wildman–Crippen LogP) is 4.50. The molecular weight excluding hydrogens is 401 g/mol. The van der Waals surface area contributed by atoms with Crippen LogP contribution in [0.5, 0.6) is 11.5 Å². The third kappa shape index (κ3) is 5.71. The predicted molar refractivity (Wildman–Crippen MR) is 103 cm³/mol. The lowest BCUT2D eigenvalue weighted by atomic mass is 10.1. The summed E-state index contributed by atoms with van der Waals surface area (Å²) in [6.07, 6.45) is -0.751. The van der Waals surface area contributed by atoms with Gasteiger partial charge in [-0.25, -0.2) is 4.98 Å². The standard InChI is InChI=1S/C21H21F3N2O4/c1-29-18-12-15(21(22,23)24)6-7-17(18)30-10-2-3-16(27)14-8-9-25-19(11-14)26-20(28)13-4-5-13/h6-9,11-13H,2-5,10H2,1H3,(H,25,26,28). The Labute approximate surface area is 171 Å². The summed E-state index contributed by atoms with van der Waals surface area (Å²) in [4.78, 5) is 28.2. The largest absolute Gasteiger partial charge is 0.493 e. The molecular formula is C21H21F3N2O4. The van der Waals surface area contributed by atoms with Crippen LogP contribution in [0.1, 0.15) is 41.6 Å². The minimum absolute atomic E-state index is 0.0265. The maximum Gasteiger partial charge on any atom is 0.416 e. The van der Waals surface area contributed by atoms with Gasteiger partial charge in [-0.2, -0.15) is 13.2 Å². The van der Waals surface area contributed by atoms with Crippen molar-refractivity contribution >= 4 is 17.5 Å². The summed E-state index contributed by atoms with van der Waals surface area (Å²) < 4.78 is 48.8. The molecule has 0 aliphatic heterocycles. The van der Waals surface area contributed by atoms with Gasteiger partial charge in [0.15, 0.2) is 17.3 Å². The number of hydrogen-bond acceptors (Lipinski definition) is 5. The van der Waals surface area contributed by atoms with E-state index in [0.29, 0.717) is 17.8 Å². The maximum absolute atomic E-state index is 12.8. The summed E-state index contributed by atoms with van der Waals surface area (Å²) in [5.41, 5.74) is -0.410. The number of benzene rings is 1. The highest BCUT2D eigenvalue weighted by atomic mass is 19.4. The zero-order valence-electron chi connectivity index (χ0n) is 16.3. The molecule has 1 aliphatic rings. The van der Waals surface area contributed by atoms with Gasteiger partial charge in [0.2, 0.25) is 5.91 Å². The maximum atomic E-state index is 12.8. The summed E-state index contributed by atoms with van der Waals surface area (Å²) in [7, 11) is 1.26. The Morgan fingerprint density at radius 2 is 1.93 bits per heavy atom. The molecule has 2 aromatic rings. The second-order valence-corrected chi connectivity index (χ2v) is 6.93. The van der Waals surface area contributed by atoms with Gasteiger partial charge in [0.05, 0.1) is 19.3 Å². The zero-order valence-corrected chi connectivity index (χ0v) is 16.3. The van der Waals surface area contributed by atoms with Crippen molar-refractivity contribution < 1.29 is 32.2 Å². The molecule has 160 valence electrons. The first-order valence-electron chi connectivity index (χ1n) is 9.46. The van der Waals surface area contributed by atoms with E-state index in [1.165, 1.54) is 25.4 Å². The number of hydrogen-bond donors (Lipinski definition) is 1. The van der Waals surface area contributed by atoms with E-state index in [9.17, 15) is 22.8 Å². The fraction of sp³-hybridized carbons (Fsp3) is 0.381. The normalized spacial score (nSPS) is 13.6. The fourth-order valence-electron chi connectivity index (χ4n) is 2.77. The highest BCUT2D eigenvalue weighted by Crippen LogP contribution is 2.36. The lowest BCUT2D eigenvalue weighted by Crippen LogP contribution is -2.15. The molecule has 1 aromatic heterocycles. The Hall–Kier alpha value is -3.10. The van der Waals surface area contributed by atoms with Crippen LogP contribution >= 0.6 is 0 Å². The molecule has 9 heteroatoms. The second kappa shape index (κ2) is 9.15. The molecule has 0 spiro atoms. The second-order valence-electron chi connectivity index (χ2n) is 6.93. The van der Waals surface area contributed by atoms with Crippen molar-refractivity contribution in [3.63, 3.8) is 0 Å². The van der Waals surface area contributed by atoms with Crippen molar-refractivity contribution in [1.82, 2.24) is 4.98 Å². The molecule has 0 bridgehead atoms. The quantitative estimate of drug-likeness (QED) is 0.476. The van der Waals surface area contributed by atoms with Crippen LogP contribution in [0.2, 0.25) is 0 Å². The molecule has 0 radical (unpaired) electrons. The monoisotopic (exact) mass is 422 g/mol. The minimum Gasteiger partial charge on any atom is -0.493 e. The number of aromatic nitrogens is 1. The van der Waals surface area contributed by atoms with Gasteiger partial charge in [0, 0.05) is 24.1 Å². The zero-order chi connectivity index (χ0) is 21.7. The van der Waals surface area contributed by atoms with Crippen LogP contribution in [-0.4, -0.2) is 30.4 Å². The molecule has 6 nitrogen and oxygen atoms in total. The molecule has 1 aliphatic carbocycles. The lowest BCUT2D eigenvalue weighted by Gasteiger charge is -2.13. The van der Waals surface area contributed by atoms with Gasteiger partial charge in [-0.05, 0) is 49.6 Å². The average Bonchev–Trinajstić information content (AvgIpc) is 3.56. The molecule has 1 N–H and O–H groups in total.